The van der Waals surface area contributed by atoms with E-state index in [1.165, 1.54) is 0 Å². The second-order valence-electron chi connectivity index (χ2n) is 1.31. The second-order valence-corrected chi connectivity index (χ2v) is 1.84. The normalized spacial score (nSPS) is 7.40. The molecule has 1 aromatic heterocycles. The van der Waals surface area contributed by atoms with Crippen molar-refractivity contribution in [3.8, 4) is 6.07 Å². The van der Waals surface area contributed by atoms with Crippen LogP contribution in [0.15, 0.2) is 0 Å². The van der Waals surface area contributed by atoms with Gasteiger partial charge in [0.05, 0.1) is 17.4 Å². The fourth-order valence-electron chi connectivity index (χ4n) is 0.333. The van der Waals surface area contributed by atoms with Crippen LogP contribution >= 0.6 is 11.7 Å². The van der Waals surface area contributed by atoms with Crippen molar-refractivity contribution < 1.29 is 0 Å². The summed E-state index contributed by atoms with van der Waals surface area (Å²) in [5, 5.41) is 8.26. The lowest BCUT2D eigenvalue weighted by Gasteiger charge is -1.72. The van der Waals surface area contributed by atoms with E-state index in [9.17, 15) is 0 Å². The highest BCUT2D eigenvalue weighted by Gasteiger charge is 1.97. The first-order valence-corrected chi connectivity index (χ1v) is 3.77. The standard InChI is InChI=1S/C4H3N3S.C2H6/c1-3-4(2-5)7-8-6-3;1-2/h1H3;1-2H3. The van der Waals surface area contributed by atoms with Crippen molar-refractivity contribution in [1.29, 1.82) is 5.26 Å². The summed E-state index contributed by atoms with van der Waals surface area (Å²) < 4.78 is 7.50. The highest BCUT2D eigenvalue weighted by atomic mass is 32.1. The zero-order valence-electron chi connectivity index (χ0n) is 6.25. The summed E-state index contributed by atoms with van der Waals surface area (Å²) in [6.45, 7) is 5.77. The SMILES string of the molecule is CC.Cc1nsnc1C#N. The van der Waals surface area contributed by atoms with Gasteiger partial charge in [-0.1, -0.05) is 13.8 Å². The molecule has 1 rings (SSSR count). The van der Waals surface area contributed by atoms with Gasteiger partial charge in [0.1, 0.15) is 6.07 Å². The van der Waals surface area contributed by atoms with Gasteiger partial charge in [-0.2, -0.15) is 14.0 Å². The number of nitrogens with zero attached hydrogens (tertiary/aromatic N) is 3. The summed E-state index contributed by atoms with van der Waals surface area (Å²) in [6.07, 6.45) is 0. The Morgan fingerprint density at radius 2 is 2.00 bits per heavy atom. The molecule has 0 radical (unpaired) electrons. The van der Waals surface area contributed by atoms with Gasteiger partial charge >= 0.3 is 0 Å². The van der Waals surface area contributed by atoms with E-state index in [1.54, 1.807) is 6.92 Å². The van der Waals surface area contributed by atoms with Gasteiger partial charge in [-0.25, -0.2) is 0 Å². The van der Waals surface area contributed by atoms with E-state index in [0.717, 1.165) is 17.4 Å². The lowest BCUT2D eigenvalue weighted by atomic mass is 10.4. The van der Waals surface area contributed by atoms with Crippen molar-refractivity contribution in [3.05, 3.63) is 11.4 Å². The van der Waals surface area contributed by atoms with E-state index in [1.807, 2.05) is 19.9 Å². The van der Waals surface area contributed by atoms with Crippen molar-refractivity contribution in [2.24, 2.45) is 0 Å². The van der Waals surface area contributed by atoms with E-state index in [4.69, 9.17) is 5.26 Å². The predicted molar refractivity (Wildman–Crippen MR) is 40.7 cm³/mol. The molecule has 0 saturated carbocycles. The Labute approximate surface area is 64.7 Å². The molecule has 0 spiro atoms. The molecule has 0 aliphatic heterocycles. The van der Waals surface area contributed by atoms with E-state index in [-0.39, 0.29) is 0 Å². The fourth-order valence-corrected chi connectivity index (χ4v) is 0.837. The first-order valence-electron chi connectivity index (χ1n) is 3.04. The Hall–Kier alpha value is -0.950. The molecule has 1 heterocycles. The average molecular weight is 155 g/mol. The minimum atomic E-state index is 0.440. The Morgan fingerprint density at radius 1 is 1.40 bits per heavy atom. The molecule has 54 valence electrons. The highest BCUT2D eigenvalue weighted by molar-refractivity contribution is 6.99. The minimum absolute atomic E-state index is 0.440. The van der Waals surface area contributed by atoms with Crippen LogP contribution in [0.3, 0.4) is 0 Å². The van der Waals surface area contributed by atoms with Gasteiger partial charge in [0.15, 0.2) is 5.69 Å². The Bertz CT molecular complexity index is 223. The van der Waals surface area contributed by atoms with Crippen LogP contribution in [0.2, 0.25) is 0 Å². The molecule has 0 atom stereocenters. The maximum atomic E-state index is 8.26. The van der Waals surface area contributed by atoms with Gasteiger partial charge in [-0.05, 0) is 6.92 Å². The van der Waals surface area contributed by atoms with Gasteiger partial charge in [-0.3, -0.25) is 0 Å². The van der Waals surface area contributed by atoms with Crippen LogP contribution in [-0.4, -0.2) is 8.75 Å². The molecule has 1 aromatic rings. The summed E-state index contributed by atoms with van der Waals surface area (Å²) in [6, 6.07) is 1.91. The van der Waals surface area contributed by atoms with Gasteiger partial charge in [-0.15, -0.1) is 0 Å². The molecule has 3 nitrogen and oxygen atoms in total. The smallest absolute Gasteiger partial charge is 0.177 e. The number of aromatic nitrogens is 2. The zero-order chi connectivity index (χ0) is 7.98. The molecular weight excluding hydrogens is 146 g/mol. The van der Waals surface area contributed by atoms with Gasteiger partial charge in [0.25, 0.3) is 0 Å². The number of rotatable bonds is 0. The molecule has 0 bridgehead atoms. The average Bonchev–Trinajstić information content (AvgIpc) is 2.39. The third-order valence-corrected chi connectivity index (χ3v) is 1.38. The Kier molecular flexibility index (Phi) is 4.42. The van der Waals surface area contributed by atoms with Crippen molar-refractivity contribution in [3.63, 3.8) is 0 Å². The van der Waals surface area contributed by atoms with E-state index < -0.39 is 0 Å². The van der Waals surface area contributed by atoms with Gasteiger partial charge < -0.3 is 0 Å². The first-order chi connectivity index (χ1) is 4.84. The maximum absolute atomic E-state index is 8.26. The van der Waals surface area contributed by atoms with E-state index >= 15 is 0 Å². The predicted octanol–water partition coefficient (Wildman–Crippen LogP) is 1.74. The second kappa shape index (κ2) is 4.89. The van der Waals surface area contributed by atoms with E-state index in [2.05, 4.69) is 8.75 Å². The van der Waals surface area contributed by atoms with Crippen LogP contribution in [0.1, 0.15) is 25.2 Å². The monoisotopic (exact) mass is 155 g/mol. The van der Waals surface area contributed by atoms with Gasteiger partial charge in [0, 0.05) is 0 Å². The van der Waals surface area contributed by atoms with Crippen LogP contribution in [0, 0.1) is 18.3 Å². The zero-order valence-corrected chi connectivity index (χ0v) is 7.07. The molecule has 0 aliphatic rings. The van der Waals surface area contributed by atoms with Crippen LogP contribution in [-0.2, 0) is 0 Å². The first kappa shape index (κ1) is 9.05. The fraction of sp³-hybridized carbons (Fsp3) is 0.500. The minimum Gasteiger partial charge on any atom is -0.191 e. The number of aryl methyl sites for hydroxylation is 1. The van der Waals surface area contributed by atoms with Crippen LogP contribution in [0.4, 0.5) is 0 Å². The van der Waals surface area contributed by atoms with Gasteiger partial charge in [0.2, 0.25) is 0 Å². The largest absolute Gasteiger partial charge is 0.191 e. The summed E-state index contributed by atoms with van der Waals surface area (Å²) in [5.74, 6) is 0. The topological polar surface area (TPSA) is 49.6 Å². The van der Waals surface area contributed by atoms with Crippen molar-refractivity contribution in [2.45, 2.75) is 20.8 Å². The van der Waals surface area contributed by atoms with Crippen molar-refractivity contribution in [1.82, 2.24) is 8.75 Å². The number of hydrogen-bond acceptors (Lipinski definition) is 4. The summed E-state index contributed by atoms with van der Waals surface area (Å²) in [5.41, 5.74) is 1.16. The molecule has 10 heavy (non-hydrogen) atoms. The summed E-state index contributed by atoms with van der Waals surface area (Å²) in [7, 11) is 0. The molecular formula is C6H9N3S. The lowest BCUT2D eigenvalue weighted by Crippen LogP contribution is -1.74. The third-order valence-electron chi connectivity index (χ3n) is 0.758. The third kappa shape index (κ3) is 2.11. The van der Waals surface area contributed by atoms with Crippen LogP contribution in [0.25, 0.3) is 0 Å². The molecule has 0 aromatic carbocycles. The number of nitriles is 1. The van der Waals surface area contributed by atoms with Crippen LogP contribution in [0.5, 0.6) is 0 Å². The Balaban J connectivity index is 0.000000371. The summed E-state index contributed by atoms with van der Waals surface area (Å²) >= 11 is 1.07. The molecule has 0 fully saturated rings. The van der Waals surface area contributed by atoms with E-state index in [0.29, 0.717) is 5.69 Å². The quantitative estimate of drug-likeness (QED) is 0.573. The van der Waals surface area contributed by atoms with Crippen LogP contribution < -0.4 is 0 Å². The molecule has 0 amide bonds. The maximum Gasteiger partial charge on any atom is 0.177 e. The number of hydrogen-bond donors (Lipinski definition) is 0. The molecule has 0 saturated heterocycles. The summed E-state index contributed by atoms with van der Waals surface area (Å²) in [4.78, 5) is 0. The molecule has 0 N–H and O–H groups in total. The lowest BCUT2D eigenvalue weighted by molar-refractivity contribution is 1.27. The highest BCUT2D eigenvalue weighted by Crippen LogP contribution is 1.99. The molecule has 4 heteroatoms. The molecule has 0 unspecified atom stereocenters. The Morgan fingerprint density at radius 3 is 2.20 bits per heavy atom. The van der Waals surface area contributed by atoms with Crippen molar-refractivity contribution in [2.75, 3.05) is 0 Å². The molecule has 0 aliphatic carbocycles. The van der Waals surface area contributed by atoms with Crippen molar-refractivity contribution >= 4 is 11.7 Å².